The van der Waals surface area contributed by atoms with Crippen LogP contribution in [0, 0.1) is 0 Å². The van der Waals surface area contributed by atoms with E-state index in [2.05, 4.69) is 31.2 Å². The molecule has 0 radical (unpaired) electrons. The molecule has 1 atom stereocenters. The fourth-order valence-corrected chi connectivity index (χ4v) is 1.33. The van der Waals surface area contributed by atoms with Crippen molar-refractivity contribution in [3.63, 3.8) is 0 Å². The Balaban J connectivity index is 2.58. The minimum Gasteiger partial charge on any atom is -0.393 e. The van der Waals surface area contributed by atoms with Gasteiger partial charge in [-0.1, -0.05) is 38.1 Å². The van der Waals surface area contributed by atoms with E-state index in [4.69, 9.17) is 0 Å². The average Bonchev–Trinajstić information content (AvgIpc) is 2.19. The first-order chi connectivity index (χ1) is 6.26. The number of benzene rings is 1. The molecule has 0 unspecified atom stereocenters. The standard InChI is InChI=1S/C12H18O/c1-3-10-5-7-11(8-6-10)9-12(13)4-2/h5-8,12-13H,3-4,9H2,1-2H3/t12-/m1/s1. The highest BCUT2D eigenvalue weighted by Crippen LogP contribution is 2.08. The zero-order valence-electron chi connectivity index (χ0n) is 8.46. The molecule has 1 nitrogen and oxygen atoms in total. The molecule has 0 saturated heterocycles. The van der Waals surface area contributed by atoms with E-state index in [1.165, 1.54) is 11.1 Å². The van der Waals surface area contributed by atoms with Crippen molar-refractivity contribution in [1.82, 2.24) is 0 Å². The molecule has 1 N–H and O–H groups in total. The summed E-state index contributed by atoms with van der Waals surface area (Å²) in [5, 5.41) is 9.44. The Kier molecular flexibility index (Phi) is 3.97. The summed E-state index contributed by atoms with van der Waals surface area (Å²) in [5.41, 5.74) is 2.58. The zero-order chi connectivity index (χ0) is 9.68. The van der Waals surface area contributed by atoms with Crippen LogP contribution in [0.3, 0.4) is 0 Å². The highest BCUT2D eigenvalue weighted by Gasteiger charge is 2.01. The van der Waals surface area contributed by atoms with E-state index in [0.29, 0.717) is 0 Å². The van der Waals surface area contributed by atoms with Gasteiger partial charge in [0.2, 0.25) is 0 Å². The van der Waals surface area contributed by atoms with Gasteiger partial charge in [0, 0.05) is 0 Å². The predicted octanol–water partition coefficient (Wildman–Crippen LogP) is 2.56. The lowest BCUT2D eigenvalue weighted by Gasteiger charge is -2.07. The van der Waals surface area contributed by atoms with Crippen LogP contribution in [0.25, 0.3) is 0 Å². The number of rotatable bonds is 4. The van der Waals surface area contributed by atoms with Gasteiger partial charge in [0.1, 0.15) is 0 Å². The fourth-order valence-electron chi connectivity index (χ4n) is 1.33. The van der Waals surface area contributed by atoms with E-state index < -0.39 is 0 Å². The molecule has 0 spiro atoms. The maximum atomic E-state index is 9.44. The van der Waals surface area contributed by atoms with Crippen LogP contribution in [0.5, 0.6) is 0 Å². The molecule has 0 aliphatic heterocycles. The second-order valence-electron chi connectivity index (χ2n) is 3.44. The first-order valence-corrected chi connectivity index (χ1v) is 5.02. The number of aliphatic hydroxyl groups is 1. The molecular formula is C12H18O. The Bertz CT molecular complexity index is 238. The molecule has 0 heterocycles. The lowest BCUT2D eigenvalue weighted by molar-refractivity contribution is 0.171. The van der Waals surface area contributed by atoms with Gasteiger partial charge in [-0.15, -0.1) is 0 Å². The highest BCUT2D eigenvalue weighted by atomic mass is 16.3. The van der Waals surface area contributed by atoms with E-state index in [0.717, 1.165) is 19.3 Å². The Morgan fingerprint density at radius 2 is 1.62 bits per heavy atom. The van der Waals surface area contributed by atoms with Crippen LogP contribution < -0.4 is 0 Å². The van der Waals surface area contributed by atoms with E-state index in [-0.39, 0.29) is 6.10 Å². The van der Waals surface area contributed by atoms with Gasteiger partial charge in [-0.25, -0.2) is 0 Å². The molecule has 0 aromatic heterocycles. The van der Waals surface area contributed by atoms with Crippen molar-refractivity contribution in [3.05, 3.63) is 35.4 Å². The molecule has 0 fully saturated rings. The van der Waals surface area contributed by atoms with E-state index in [9.17, 15) is 5.11 Å². The van der Waals surface area contributed by atoms with Crippen LogP contribution in [0.2, 0.25) is 0 Å². The summed E-state index contributed by atoms with van der Waals surface area (Å²) >= 11 is 0. The summed E-state index contributed by atoms with van der Waals surface area (Å²) in [7, 11) is 0. The van der Waals surface area contributed by atoms with Gasteiger partial charge in [0.25, 0.3) is 0 Å². The van der Waals surface area contributed by atoms with Crippen LogP contribution in [-0.4, -0.2) is 11.2 Å². The van der Waals surface area contributed by atoms with Crippen molar-refractivity contribution in [1.29, 1.82) is 0 Å². The van der Waals surface area contributed by atoms with E-state index in [1.54, 1.807) is 0 Å². The van der Waals surface area contributed by atoms with Crippen molar-refractivity contribution in [2.45, 2.75) is 39.2 Å². The monoisotopic (exact) mass is 178 g/mol. The van der Waals surface area contributed by atoms with Crippen LogP contribution in [0.4, 0.5) is 0 Å². The van der Waals surface area contributed by atoms with E-state index >= 15 is 0 Å². The van der Waals surface area contributed by atoms with Gasteiger partial charge < -0.3 is 5.11 Å². The Labute approximate surface area is 80.4 Å². The maximum Gasteiger partial charge on any atom is 0.0577 e. The number of hydrogen-bond donors (Lipinski definition) is 1. The Morgan fingerprint density at radius 1 is 1.08 bits per heavy atom. The van der Waals surface area contributed by atoms with Gasteiger partial charge in [-0.05, 0) is 30.4 Å². The molecule has 72 valence electrons. The minimum atomic E-state index is -0.188. The number of aliphatic hydroxyl groups excluding tert-OH is 1. The number of aryl methyl sites for hydroxylation is 1. The quantitative estimate of drug-likeness (QED) is 0.751. The molecule has 0 aliphatic rings. The van der Waals surface area contributed by atoms with E-state index in [1.807, 2.05) is 6.92 Å². The second kappa shape index (κ2) is 5.03. The van der Waals surface area contributed by atoms with Crippen molar-refractivity contribution in [3.8, 4) is 0 Å². The first-order valence-electron chi connectivity index (χ1n) is 5.02. The normalized spacial score (nSPS) is 12.8. The summed E-state index contributed by atoms with van der Waals surface area (Å²) in [6.45, 7) is 4.15. The highest BCUT2D eigenvalue weighted by molar-refractivity contribution is 5.22. The molecule has 0 aliphatic carbocycles. The number of hydrogen-bond acceptors (Lipinski definition) is 1. The topological polar surface area (TPSA) is 20.2 Å². The van der Waals surface area contributed by atoms with Crippen molar-refractivity contribution >= 4 is 0 Å². The molecule has 0 bridgehead atoms. The fraction of sp³-hybridized carbons (Fsp3) is 0.500. The predicted molar refractivity (Wildman–Crippen MR) is 55.8 cm³/mol. The molecule has 0 saturated carbocycles. The third kappa shape index (κ3) is 3.19. The van der Waals surface area contributed by atoms with Crippen LogP contribution in [-0.2, 0) is 12.8 Å². The molecular weight excluding hydrogens is 160 g/mol. The average molecular weight is 178 g/mol. The molecule has 0 amide bonds. The Hall–Kier alpha value is -0.820. The molecule has 13 heavy (non-hydrogen) atoms. The summed E-state index contributed by atoms with van der Waals surface area (Å²) in [6.07, 6.45) is 2.50. The molecule has 1 aromatic carbocycles. The maximum absolute atomic E-state index is 9.44. The third-order valence-corrected chi connectivity index (χ3v) is 2.37. The summed E-state index contributed by atoms with van der Waals surface area (Å²) in [6, 6.07) is 8.49. The Morgan fingerprint density at radius 3 is 2.08 bits per heavy atom. The SMILES string of the molecule is CCc1ccc(C[C@H](O)CC)cc1. The van der Waals surface area contributed by atoms with Crippen molar-refractivity contribution in [2.24, 2.45) is 0 Å². The van der Waals surface area contributed by atoms with Crippen LogP contribution in [0.15, 0.2) is 24.3 Å². The molecule has 1 aromatic rings. The summed E-state index contributed by atoms with van der Waals surface area (Å²) in [5.74, 6) is 0. The first kappa shape index (κ1) is 10.3. The lowest BCUT2D eigenvalue weighted by Crippen LogP contribution is -2.08. The van der Waals surface area contributed by atoms with Gasteiger partial charge in [0.05, 0.1) is 6.10 Å². The van der Waals surface area contributed by atoms with Gasteiger partial charge in [-0.2, -0.15) is 0 Å². The zero-order valence-corrected chi connectivity index (χ0v) is 8.46. The van der Waals surface area contributed by atoms with Crippen LogP contribution >= 0.6 is 0 Å². The van der Waals surface area contributed by atoms with Gasteiger partial charge >= 0.3 is 0 Å². The molecule has 1 rings (SSSR count). The van der Waals surface area contributed by atoms with Crippen LogP contribution in [0.1, 0.15) is 31.4 Å². The molecule has 1 heteroatoms. The summed E-state index contributed by atoms with van der Waals surface area (Å²) in [4.78, 5) is 0. The van der Waals surface area contributed by atoms with Gasteiger partial charge in [0.15, 0.2) is 0 Å². The smallest absolute Gasteiger partial charge is 0.0577 e. The summed E-state index contributed by atoms with van der Waals surface area (Å²) < 4.78 is 0. The minimum absolute atomic E-state index is 0.188. The largest absolute Gasteiger partial charge is 0.393 e. The third-order valence-electron chi connectivity index (χ3n) is 2.37. The lowest BCUT2D eigenvalue weighted by atomic mass is 10.0. The second-order valence-corrected chi connectivity index (χ2v) is 3.44. The van der Waals surface area contributed by atoms with Crippen molar-refractivity contribution < 1.29 is 5.11 Å². The van der Waals surface area contributed by atoms with Crippen molar-refractivity contribution in [2.75, 3.05) is 0 Å². The van der Waals surface area contributed by atoms with Gasteiger partial charge in [-0.3, -0.25) is 0 Å².